The van der Waals surface area contributed by atoms with Crippen LogP contribution in [0.25, 0.3) is 0 Å². The Morgan fingerprint density at radius 3 is 2.30 bits per heavy atom. The van der Waals surface area contributed by atoms with Crippen LogP contribution < -0.4 is 0 Å². The molecule has 4 rings (SSSR count). The second kappa shape index (κ2) is 8.84. The molecule has 2 heterocycles. The van der Waals surface area contributed by atoms with E-state index in [0.717, 1.165) is 38.5 Å². The van der Waals surface area contributed by atoms with Gasteiger partial charge in [0.2, 0.25) is 0 Å². The predicted molar refractivity (Wildman–Crippen MR) is 123 cm³/mol. The van der Waals surface area contributed by atoms with Gasteiger partial charge >= 0.3 is 0 Å². The quantitative estimate of drug-likeness (QED) is 0.459. The van der Waals surface area contributed by atoms with Crippen LogP contribution in [0.1, 0.15) is 72.6 Å². The first-order valence-electron chi connectivity index (χ1n) is 12.7. The molecule has 7 heteroatoms. The van der Waals surface area contributed by atoms with Crippen LogP contribution in [0, 0.1) is 22.7 Å². The summed E-state index contributed by atoms with van der Waals surface area (Å²) < 4.78 is 18.4. The number of aliphatic hydroxyl groups is 4. The molecular formula is C26H44O7. The summed E-state index contributed by atoms with van der Waals surface area (Å²) in [5.41, 5.74) is -0.408. The van der Waals surface area contributed by atoms with Crippen LogP contribution in [0.2, 0.25) is 0 Å². The lowest BCUT2D eigenvalue weighted by atomic mass is 9.44. The molecule has 4 fully saturated rings. The molecule has 0 aromatic rings. The predicted octanol–water partition coefficient (Wildman–Crippen LogP) is 2.54. The first-order valence-corrected chi connectivity index (χ1v) is 12.7. The van der Waals surface area contributed by atoms with Gasteiger partial charge in [0.25, 0.3) is 0 Å². The summed E-state index contributed by atoms with van der Waals surface area (Å²) in [4.78, 5) is 0. The molecule has 0 radical (unpaired) electrons. The Labute approximate surface area is 198 Å². The van der Waals surface area contributed by atoms with Crippen LogP contribution in [0.5, 0.6) is 0 Å². The standard InChI is InChI=1S/C26H44O7/c1-6-24(3)12-8-18-25(4)11-7-10-23(2,17(25)9-13-26(18,5)33-24)15-31-22-21(30)20(29)19(28)16(14-27)32-22/h6,16-22,27-30H,1,7-15H2,2-5H3. The molecule has 0 aromatic heterocycles. The number of fused-ring (bicyclic) bond motifs is 3. The monoisotopic (exact) mass is 468 g/mol. The molecule has 2 aliphatic heterocycles. The van der Waals surface area contributed by atoms with E-state index in [9.17, 15) is 20.4 Å². The Morgan fingerprint density at radius 2 is 1.64 bits per heavy atom. The van der Waals surface area contributed by atoms with Gasteiger partial charge < -0.3 is 34.6 Å². The zero-order chi connectivity index (χ0) is 24.2. The Balaban J connectivity index is 1.50. The smallest absolute Gasteiger partial charge is 0.186 e. The van der Waals surface area contributed by atoms with Crippen LogP contribution in [-0.2, 0) is 14.2 Å². The van der Waals surface area contributed by atoms with E-state index in [1.54, 1.807) is 0 Å². The third-order valence-electron chi connectivity index (χ3n) is 9.82. The van der Waals surface area contributed by atoms with Crippen molar-refractivity contribution in [3.05, 3.63) is 12.7 Å². The highest BCUT2D eigenvalue weighted by Gasteiger charge is 2.62. The maximum atomic E-state index is 10.4. The zero-order valence-corrected chi connectivity index (χ0v) is 20.7. The Bertz CT molecular complexity index is 729. The summed E-state index contributed by atoms with van der Waals surface area (Å²) in [6, 6.07) is 0. The van der Waals surface area contributed by atoms with Gasteiger partial charge in [-0.2, -0.15) is 0 Å². The molecular weight excluding hydrogens is 424 g/mol. The van der Waals surface area contributed by atoms with Gasteiger partial charge in [-0.05, 0) is 75.0 Å². The Kier molecular flexibility index (Phi) is 6.84. The number of aliphatic hydroxyl groups excluding tert-OH is 4. The van der Waals surface area contributed by atoms with Gasteiger partial charge in [0.15, 0.2) is 6.29 Å². The van der Waals surface area contributed by atoms with Crippen molar-refractivity contribution in [3.8, 4) is 0 Å². The van der Waals surface area contributed by atoms with E-state index in [0.29, 0.717) is 18.4 Å². The molecule has 190 valence electrons. The minimum absolute atomic E-state index is 0.105. The molecule has 2 saturated carbocycles. The molecule has 2 aliphatic carbocycles. The summed E-state index contributed by atoms with van der Waals surface area (Å²) in [7, 11) is 0. The summed E-state index contributed by atoms with van der Waals surface area (Å²) in [5, 5.41) is 40.1. The Hall–Kier alpha value is -0.540. The number of hydrogen-bond acceptors (Lipinski definition) is 7. The Morgan fingerprint density at radius 1 is 0.939 bits per heavy atom. The van der Waals surface area contributed by atoms with Crippen LogP contribution in [0.15, 0.2) is 12.7 Å². The fourth-order valence-electron chi connectivity index (χ4n) is 7.98. The van der Waals surface area contributed by atoms with Gasteiger partial charge in [0.1, 0.15) is 24.4 Å². The van der Waals surface area contributed by atoms with E-state index < -0.39 is 37.3 Å². The summed E-state index contributed by atoms with van der Waals surface area (Å²) in [6.07, 6.45) is 3.23. The van der Waals surface area contributed by atoms with Crippen molar-refractivity contribution in [2.75, 3.05) is 13.2 Å². The van der Waals surface area contributed by atoms with Crippen LogP contribution >= 0.6 is 0 Å². The van der Waals surface area contributed by atoms with Crippen LogP contribution in [0.3, 0.4) is 0 Å². The number of hydrogen-bond donors (Lipinski definition) is 4. The summed E-state index contributed by atoms with van der Waals surface area (Å²) in [5.74, 6) is 0.905. The van der Waals surface area contributed by atoms with Crippen molar-refractivity contribution in [3.63, 3.8) is 0 Å². The molecule has 0 aromatic carbocycles. The van der Waals surface area contributed by atoms with Gasteiger partial charge in [-0.15, -0.1) is 6.58 Å². The fourth-order valence-corrected chi connectivity index (χ4v) is 7.98. The van der Waals surface area contributed by atoms with E-state index in [-0.39, 0.29) is 22.0 Å². The minimum atomic E-state index is -1.42. The van der Waals surface area contributed by atoms with Crippen molar-refractivity contribution in [1.82, 2.24) is 0 Å². The molecule has 33 heavy (non-hydrogen) atoms. The minimum Gasteiger partial charge on any atom is -0.394 e. The van der Waals surface area contributed by atoms with Crippen LogP contribution in [0.4, 0.5) is 0 Å². The van der Waals surface area contributed by atoms with Gasteiger partial charge in [0.05, 0.1) is 24.4 Å². The van der Waals surface area contributed by atoms with E-state index in [4.69, 9.17) is 14.2 Å². The second-order valence-corrected chi connectivity index (χ2v) is 12.1. The SMILES string of the molecule is C=CC1(C)CCC2C(C)(CCC3C(C)(COC4OC(CO)C(O)C(O)C4O)CCCC32C)O1. The van der Waals surface area contributed by atoms with E-state index >= 15 is 0 Å². The van der Waals surface area contributed by atoms with Gasteiger partial charge in [0, 0.05) is 0 Å². The average Bonchev–Trinajstić information content (AvgIpc) is 2.76. The fraction of sp³-hybridized carbons (Fsp3) is 0.923. The topological polar surface area (TPSA) is 109 Å². The van der Waals surface area contributed by atoms with Crippen LogP contribution in [-0.4, -0.2) is 75.5 Å². The third-order valence-corrected chi connectivity index (χ3v) is 9.82. The van der Waals surface area contributed by atoms with Gasteiger partial charge in [-0.25, -0.2) is 0 Å². The third kappa shape index (κ3) is 4.22. The first kappa shape index (κ1) is 25.5. The molecule has 0 bridgehead atoms. The molecule has 4 N–H and O–H groups in total. The first-order chi connectivity index (χ1) is 15.4. The lowest BCUT2D eigenvalue weighted by molar-refractivity contribution is -0.313. The van der Waals surface area contributed by atoms with Crippen molar-refractivity contribution >= 4 is 0 Å². The van der Waals surface area contributed by atoms with Gasteiger partial charge in [-0.3, -0.25) is 0 Å². The normalized spacial score (nSPS) is 54.8. The highest BCUT2D eigenvalue weighted by Crippen LogP contribution is 2.65. The van der Waals surface area contributed by atoms with Crippen molar-refractivity contribution in [2.24, 2.45) is 22.7 Å². The maximum absolute atomic E-state index is 10.4. The van der Waals surface area contributed by atoms with Crippen molar-refractivity contribution in [2.45, 2.75) is 115 Å². The van der Waals surface area contributed by atoms with E-state index in [1.165, 1.54) is 6.42 Å². The molecule has 7 nitrogen and oxygen atoms in total. The van der Waals surface area contributed by atoms with Crippen molar-refractivity contribution in [1.29, 1.82) is 0 Å². The second-order valence-electron chi connectivity index (χ2n) is 12.1. The van der Waals surface area contributed by atoms with Gasteiger partial charge in [-0.1, -0.05) is 26.3 Å². The molecule has 0 amide bonds. The molecule has 11 unspecified atom stereocenters. The zero-order valence-electron chi connectivity index (χ0n) is 20.7. The largest absolute Gasteiger partial charge is 0.394 e. The molecule has 4 aliphatic rings. The summed E-state index contributed by atoms with van der Waals surface area (Å²) in [6.45, 7) is 13.1. The lowest BCUT2D eigenvalue weighted by Crippen LogP contribution is -2.63. The molecule has 0 spiro atoms. The lowest BCUT2D eigenvalue weighted by Gasteiger charge is -2.65. The maximum Gasteiger partial charge on any atom is 0.186 e. The molecule has 11 atom stereocenters. The highest BCUT2D eigenvalue weighted by atomic mass is 16.7. The van der Waals surface area contributed by atoms with Crippen molar-refractivity contribution < 1.29 is 34.6 Å². The molecule has 2 saturated heterocycles. The highest BCUT2D eigenvalue weighted by molar-refractivity contribution is 5.13. The number of rotatable bonds is 5. The van der Waals surface area contributed by atoms with E-state index in [1.807, 2.05) is 6.08 Å². The van der Waals surface area contributed by atoms with E-state index in [2.05, 4.69) is 34.3 Å². The average molecular weight is 469 g/mol. The summed E-state index contributed by atoms with van der Waals surface area (Å²) >= 11 is 0. The number of ether oxygens (including phenoxy) is 3.